The third-order valence-electron chi connectivity index (χ3n) is 3.41. The van der Waals surface area contributed by atoms with E-state index in [9.17, 15) is 9.90 Å². The molecule has 0 bridgehead atoms. The zero-order valence-electron chi connectivity index (χ0n) is 12.6. The van der Waals surface area contributed by atoms with Crippen molar-refractivity contribution in [2.75, 3.05) is 0 Å². The minimum atomic E-state index is -0.574. The highest BCUT2D eigenvalue weighted by atomic mass is 79.9. The summed E-state index contributed by atoms with van der Waals surface area (Å²) in [6, 6.07) is 10.5. The highest BCUT2D eigenvalue weighted by Gasteiger charge is 2.17. The normalized spacial score (nSPS) is 11.2. The Balaban J connectivity index is 2.07. The molecule has 0 spiro atoms. The second kappa shape index (κ2) is 6.76. The Labute approximate surface area is 146 Å². The minimum Gasteiger partial charge on any atom is -0.493 e. The first-order valence-electron chi connectivity index (χ1n) is 7.10. The molecule has 0 unspecified atom stereocenters. The van der Waals surface area contributed by atoms with Gasteiger partial charge in [-0.3, -0.25) is 9.78 Å². The summed E-state index contributed by atoms with van der Waals surface area (Å²) in [5, 5.41) is 18.8. The number of hydrogen-bond acceptors (Lipinski definition) is 4. The van der Waals surface area contributed by atoms with Crippen molar-refractivity contribution in [1.29, 1.82) is 0 Å². The summed E-state index contributed by atoms with van der Waals surface area (Å²) in [6.07, 6.45) is 3.18. The maximum absolute atomic E-state index is 12.0. The van der Waals surface area contributed by atoms with Crippen LogP contribution in [-0.2, 0) is 6.54 Å². The molecule has 0 aliphatic rings. The van der Waals surface area contributed by atoms with Gasteiger partial charge in [-0.25, -0.2) is 0 Å². The van der Waals surface area contributed by atoms with Crippen LogP contribution < -0.4 is 0 Å². The number of allylic oxidation sites excluding steroid dienone is 1. The molecule has 24 heavy (non-hydrogen) atoms. The molecule has 2 heterocycles. The predicted molar refractivity (Wildman–Crippen MR) is 94.6 cm³/mol. The first-order chi connectivity index (χ1) is 11.6. The van der Waals surface area contributed by atoms with Crippen molar-refractivity contribution in [3.8, 4) is 5.88 Å². The number of amides is 1. The van der Waals surface area contributed by atoms with Crippen molar-refractivity contribution in [3.05, 3.63) is 65.4 Å². The van der Waals surface area contributed by atoms with E-state index < -0.39 is 5.91 Å². The Morgan fingerprint density at radius 3 is 2.92 bits per heavy atom. The van der Waals surface area contributed by atoms with Crippen LogP contribution in [0.4, 0.5) is 5.69 Å². The highest BCUT2D eigenvalue weighted by molar-refractivity contribution is 9.10. The average molecular weight is 385 g/mol. The molecule has 2 aromatic heterocycles. The van der Waals surface area contributed by atoms with Gasteiger partial charge in [0.15, 0.2) is 5.69 Å². The Morgan fingerprint density at radius 2 is 2.21 bits per heavy atom. The smallest absolute Gasteiger partial charge is 0.313 e. The lowest BCUT2D eigenvalue weighted by molar-refractivity contribution is 0.0990. The number of aromatic hydroxyl groups is 1. The van der Waals surface area contributed by atoms with E-state index in [1.807, 2.05) is 18.2 Å². The summed E-state index contributed by atoms with van der Waals surface area (Å²) in [6.45, 7) is 4.10. The van der Waals surface area contributed by atoms with Crippen LogP contribution in [0.1, 0.15) is 10.5 Å². The van der Waals surface area contributed by atoms with E-state index in [1.165, 1.54) is 6.20 Å². The molecular weight excluding hydrogens is 372 g/mol. The summed E-state index contributed by atoms with van der Waals surface area (Å²) in [7, 11) is 0. The fraction of sp³-hybridized carbons (Fsp3) is 0.0588. The summed E-state index contributed by atoms with van der Waals surface area (Å²) in [4.78, 5) is 16.0. The van der Waals surface area contributed by atoms with Gasteiger partial charge in [0.1, 0.15) is 5.69 Å². The van der Waals surface area contributed by atoms with E-state index in [1.54, 1.807) is 28.8 Å². The largest absolute Gasteiger partial charge is 0.493 e. The second-order valence-corrected chi connectivity index (χ2v) is 5.87. The van der Waals surface area contributed by atoms with Crippen LogP contribution in [0.25, 0.3) is 10.9 Å². The fourth-order valence-corrected chi connectivity index (χ4v) is 2.71. The number of benzene rings is 1. The number of hydrogen-bond donors (Lipinski definition) is 1. The SMILES string of the molecule is C=CCn1c(O)c(N=NC(=O)c2ccccn2)c2cc(Br)ccc21. The van der Waals surface area contributed by atoms with E-state index in [-0.39, 0.29) is 17.3 Å². The van der Waals surface area contributed by atoms with Crippen LogP contribution in [0.15, 0.2) is 70.0 Å². The first kappa shape index (κ1) is 16.1. The second-order valence-electron chi connectivity index (χ2n) is 4.95. The van der Waals surface area contributed by atoms with Gasteiger partial charge in [-0.1, -0.05) is 28.1 Å². The first-order valence-corrected chi connectivity index (χ1v) is 7.90. The number of pyridine rings is 1. The Morgan fingerprint density at radius 1 is 1.38 bits per heavy atom. The molecule has 1 N–H and O–H groups in total. The molecule has 3 aromatic rings. The molecule has 0 saturated carbocycles. The molecule has 0 fully saturated rings. The van der Waals surface area contributed by atoms with Crippen molar-refractivity contribution in [2.24, 2.45) is 10.2 Å². The molecule has 1 amide bonds. The van der Waals surface area contributed by atoms with E-state index in [2.05, 4.69) is 37.7 Å². The van der Waals surface area contributed by atoms with Crippen molar-refractivity contribution < 1.29 is 9.90 Å². The molecule has 3 rings (SSSR count). The van der Waals surface area contributed by atoms with Crippen molar-refractivity contribution >= 4 is 38.4 Å². The molecule has 0 saturated heterocycles. The van der Waals surface area contributed by atoms with E-state index in [4.69, 9.17) is 0 Å². The molecule has 0 aliphatic carbocycles. The van der Waals surface area contributed by atoms with Gasteiger partial charge in [-0.15, -0.1) is 16.8 Å². The number of carbonyl (C=O) groups excluding carboxylic acids is 1. The molecule has 0 radical (unpaired) electrons. The van der Waals surface area contributed by atoms with Gasteiger partial charge in [-0.2, -0.15) is 0 Å². The molecule has 6 nitrogen and oxygen atoms in total. The number of nitrogens with zero attached hydrogens (tertiary/aromatic N) is 4. The van der Waals surface area contributed by atoms with E-state index >= 15 is 0 Å². The van der Waals surface area contributed by atoms with Gasteiger partial charge in [0, 0.05) is 22.6 Å². The number of fused-ring (bicyclic) bond motifs is 1. The van der Waals surface area contributed by atoms with Crippen molar-refractivity contribution in [3.63, 3.8) is 0 Å². The van der Waals surface area contributed by atoms with Gasteiger partial charge in [0.05, 0.1) is 5.52 Å². The molecule has 7 heteroatoms. The van der Waals surface area contributed by atoms with Gasteiger partial charge < -0.3 is 9.67 Å². The quantitative estimate of drug-likeness (QED) is 0.526. The van der Waals surface area contributed by atoms with Crippen LogP contribution in [-0.4, -0.2) is 20.6 Å². The Hall–Kier alpha value is -2.80. The Bertz CT molecular complexity index is 948. The minimum absolute atomic E-state index is 0.0689. The number of aromatic nitrogens is 2. The Kier molecular flexibility index (Phi) is 4.52. The number of azo groups is 1. The topological polar surface area (TPSA) is 79.8 Å². The fourth-order valence-electron chi connectivity index (χ4n) is 2.34. The third-order valence-corrected chi connectivity index (χ3v) is 3.90. The molecule has 0 aliphatic heterocycles. The zero-order chi connectivity index (χ0) is 17.1. The van der Waals surface area contributed by atoms with Crippen LogP contribution in [0.3, 0.4) is 0 Å². The standard InChI is InChI=1S/C17H13BrN4O2/c1-2-9-22-14-7-6-11(18)10-12(14)15(17(22)24)20-21-16(23)13-5-3-4-8-19-13/h2-8,10,24H,1,9H2. The van der Waals surface area contributed by atoms with Crippen LogP contribution in [0.2, 0.25) is 0 Å². The van der Waals surface area contributed by atoms with E-state index in [0.717, 1.165) is 9.99 Å². The van der Waals surface area contributed by atoms with Crippen LogP contribution in [0.5, 0.6) is 5.88 Å². The summed E-state index contributed by atoms with van der Waals surface area (Å²) in [5.74, 6) is -0.643. The van der Waals surface area contributed by atoms with Crippen molar-refractivity contribution in [1.82, 2.24) is 9.55 Å². The van der Waals surface area contributed by atoms with E-state index in [0.29, 0.717) is 11.9 Å². The highest BCUT2D eigenvalue weighted by Crippen LogP contribution is 2.40. The monoisotopic (exact) mass is 384 g/mol. The lowest BCUT2D eigenvalue weighted by atomic mass is 10.2. The van der Waals surface area contributed by atoms with Crippen LogP contribution in [0, 0.1) is 0 Å². The van der Waals surface area contributed by atoms with Gasteiger partial charge >= 0.3 is 5.91 Å². The van der Waals surface area contributed by atoms with Gasteiger partial charge in [0.2, 0.25) is 5.88 Å². The maximum atomic E-state index is 12.0. The van der Waals surface area contributed by atoms with Gasteiger partial charge in [0.25, 0.3) is 0 Å². The molecule has 1 aromatic carbocycles. The number of halogens is 1. The summed E-state index contributed by atoms with van der Waals surface area (Å²) >= 11 is 3.40. The predicted octanol–water partition coefficient (Wildman–Crippen LogP) is 4.61. The van der Waals surface area contributed by atoms with Gasteiger partial charge in [-0.05, 0) is 30.3 Å². The summed E-state index contributed by atoms with van der Waals surface area (Å²) in [5.41, 5.74) is 1.20. The molecule has 0 atom stereocenters. The molecular formula is C17H13BrN4O2. The number of rotatable bonds is 4. The maximum Gasteiger partial charge on any atom is 0.313 e. The zero-order valence-corrected chi connectivity index (χ0v) is 14.1. The number of carbonyl (C=O) groups is 1. The lowest BCUT2D eigenvalue weighted by Crippen LogP contribution is -1.96. The van der Waals surface area contributed by atoms with Crippen molar-refractivity contribution in [2.45, 2.75) is 6.54 Å². The summed E-state index contributed by atoms with van der Waals surface area (Å²) < 4.78 is 2.48. The molecule has 120 valence electrons. The van der Waals surface area contributed by atoms with Crippen LogP contribution >= 0.6 is 15.9 Å². The lowest BCUT2D eigenvalue weighted by Gasteiger charge is -2.02. The third kappa shape index (κ3) is 2.98. The average Bonchev–Trinajstić information content (AvgIpc) is 2.85.